The minimum Gasteiger partial charge on any atom is -0.451 e. The molecular weight excluding hydrogens is 462 g/mol. The van der Waals surface area contributed by atoms with E-state index in [0.717, 1.165) is 21.6 Å². The summed E-state index contributed by atoms with van der Waals surface area (Å²) in [4.78, 5) is 28.4. The number of benzene rings is 1. The molecule has 0 bridgehead atoms. The van der Waals surface area contributed by atoms with Gasteiger partial charge in [0.15, 0.2) is 16.4 Å². The van der Waals surface area contributed by atoms with Gasteiger partial charge in [-0.15, -0.1) is 11.3 Å². The number of sulfone groups is 1. The van der Waals surface area contributed by atoms with Gasteiger partial charge in [-0.05, 0) is 37.5 Å². The second kappa shape index (κ2) is 9.26. The van der Waals surface area contributed by atoms with Gasteiger partial charge in [-0.25, -0.2) is 17.9 Å². The molecule has 2 aromatic heterocycles. The second-order valence-corrected chi connectivity index (χ2v) is 12.0. The van der Waals surface area contributed by atoms with Crippen LogP contribution >= 0.6 is 11.3 Å². The van der Waals surface area contributed by atoms with E-state index in [0.29, 0.717) is 17.8 Å². The molecule has 1 aliphatic rings. The maximum atomic E-state index is 12.9. The number of nitrogens with zero attached hydrogens (tertiary/aromatic N) is 3. The fraction of sp³-hybridized carbons (Fsp3) is 0.435. The number of carbonyl (C=O) groups excluding carboxylic acids is 2. The van der Waals surface area contributed by atoms with E-state index in [2.05, 4.69) is 5.10 Å². The number of fused-ring (bicyclic) bond motifs is 1. The van der Waals surface area contributed by atoms with Gasteiger partial charge in [0.2, 0.25) is 0 Å². The normalized spacial score (nSPS) is 17.5. The molecule has 0 spiro atoms. The summed E-state index contributed by atoms with van der Waals surface area (Å²) in [7, 11) is -3.13. The van der Waals surface area contributed by atoms with Crippen LogP contribution in [0.15, 0.2) is 36.4 Å². The Hall–Kier alpha value is -2.72. The van der Waals surface area contributed by atoms with Crippen LogP contribution in [0.4, 0.5) is 0 Å². The summed E-state index contributed by atoms with van der Waals surface area (Å²) in [5.74, 6) is -0.734. The van der Waals surface area contributed by atoms with Crippen molar-refractivity contribution in [1.82, 2.24) is 14.7 Å². The molecule has 8 nitrogen and oxygen atoms in total. The lowest BCUT2D eigenvalue weighted by Crippen LogP contribution is -2.45. The quantitative estimate of drug-likeness (QED) is 0.473. The molecule has 0 N–H and O–H groups in total. The van der Waals surface area contributed by atoms with Crippen molar-refractivity contribution in [3.63, 3.8) is 0 Å². The Morgan fingerprint density at radius 3 is 2.64 bits per heavy atom. The monoisotopic (exact) mass is 489 g/mol. The number of rotatable bonds is 7. The van der Waals surface area contributed by atoms with Crippen molar-refractivity contribution in [2.75, 3.05) is 24.7 Å². The van der Waals surface area contributed by atoms with Crippen molar-refractivity contribution in [2.45, 2.75) is 33.2 Å². The fourth-order valence-corrected chi connectivity index (χ4v) is 6.85. The highest BCUT2D eigenvalue weighted by Crippen LogP contribution is 2.31. The number of esters is 1. The molecule has 1 aromatic carbocycles. The van der Waals surface area contributed by atoms with Crippen LogP contribution in [0, 0.1) is 12.8 Å². The molecule has 10 heteroatoms. The van der Waals surface area contributed by atoms with Crippen molar-refractivity contribution in [2.24, 2.45) is 5.92 Å². The van der Waals surface area contributed by atoms with E-state index < -0.39 is 22.4 Å². The molecule has 1 amide bonds. The molecule has 1 aliphatic heterocycles. The van der Waals surface area contributed by atoms with E-state index in [1.165, 1.54) is 11.3 Å². The predicted molar refractivity (Wildman–Crippen MR) is 128 cm³/mol. The lowest BCUT2D eigenvalue weighted by molar-refractivity contribution is -0.137. The lowest BCUT2D eigenvalue weighted by Gasteiger charge is -2.29. The van der Waals surface area contributed by atoms with Gasteiger partial charge in [-0.2, -0.15) is 5.10 Å². The van der Waals surface area contributed by atoms with Crippen LogP contribution < -0.4 is 0 Å². The minimum absolute atomic E-state index is 0.0367. The summed E-state index contributed by atoms with van der Waals surface area (Å²) in [6, 6.07) is 11.0. The summed E-state index contributed by atoms with van der Waals surface area (Å²) in [6.07, 6.45) is 0.417. The first-order valence-electron chi connectivity index (χ1n) is 10.9. The average Bonchev–Trinajstić information content (AvgIpc) is 3.45. The van der Waals surface area contributed by atoms with Gasteiger partial charge in [0.05, 0.1) is 22.9 Å². The van der Waals surface area contributed by atoms with Gasteiger partial charge < -0.3 is 9.64 Å². The zero-order valence-electron chi connectivity index (χ0n) is 18.9. The van der Waals surface area contributed by atoms with Crippen molar-refractivity contribution in [1.29, 1.82) is 0 Å². The molecule has 0 saturated carbocycles. The van der Waals surface area contributed by atoms with Crippen molar-refractivity contribution in [3.8, 4) is 5.69 Å². The van der Waals surface area contributed by atoms with Crippen LogP contribution in [0.25, 0.3) is 15.9 Å². The average molecular weight is 490 g/mol. The number of hydrogen-bond acceptors (Lipinski definition) is 7. The molecule has 176 valence electrons. The summed E-state index contributed by atoms with van der Waals surface area (Å²) in [5, 5.41) is 5.43. The van der Waals surface area contributed by atoms with Crippen LogP contribution in [-0.4, -0.2) is 65.7 Å². The number of aryl methyl sites for hydroxylation is 1. The number of aromatic nitrogens is 2. The molecule has 1 atom stereocenters. The highest BCUT2D eigenvalue weighted by atomic mass is 32.2. The Kier molecular flexibility index (Phi) is 6.58. The standard InChI is InChI=1S/C23H27N3O5S2/c1-15(2)12-25(18-9-10-33(29,30)14-18)21(27)13-31-23(28)20-11-19-16(3)24-26(22(19)32-20)17-7-5-4-6-8-17/h4-8,11,15,18H,9-10,12-14H2,1-3H3. The highest BCUT2D eigenvalue weighted by molar-refractivity contribution is 7.91. The van der Waals surface area contributed by atoms with Crippen LogP contribution in [-0.2, 0) is 19.4 Å². The maximum Gasteiger partial charge on any atom is 0.348 e. The molecule has 4 rings (SSSR count). The van der Waals surface area contributed by atoms with Gasteiger partial charge in [0.25, 0.3) is 5.91 Å². The van der Waals surface area contributed by atoms with Crippen LogP contribution in [0.2, 0.25) is 0 Å². The number of thiophene rings is 1. The number of para-hydroxylation sites is 1. The molecule has 1 unspecified atom stereocenters. The Labute approximate surface area is 197 Å². The van der Waals surface area contributed by atoms with E-state index in [-0.39, 0.29) is 29.4 Å². The molecule has 3 heterocycles. The Bertz CT molecular complexity index is 1280. The summed E-state index contributed by atoms with van der Waals surface area (Å²) in [6.45, 7) is 5.81. The lowest BCUT2D eigenvalue weighted by atomic mass is 10.1. The predicted octanol–water partition coefficient (Wildman–Crippen LogP) is 3.22. The first-order chi connectivity index (χ1) is 15.6. The minimum atomic E-state index is -3.13. The third-order valence-corrected chi connectivity index (χ3v) is 8.45. The number of hydrogen-bond donors (Lipinski definition) is 0. The van der Waals surface area contributed by atoms with Crippen molar-refractivity contribution < 1.29 is 22.7 Å². The second-order valence-electron chi connectivity index (χ2n) is 8.74. The molecular formula is C23H27N3O5S2. The van der Waals surface area contributed by atoms with Crippen molar-refractivity contribution >= 4 is 43.3 Å². The Morgan fingerprint density at radius 1 is 1.27 bits per heavy atom. The van der Waals surface area contributed by atoms with E-state index in [4.69, 9.17) is 4.74 Å². The van der Waals surface area contributed by atoms with Gasteiger partial charge in [0, 0.05) is 18.0 Å². The molecule has 33 heavy (non-hydrogen) atoms. The van der Waals surface area contributed by atoms with Crippen molar-refractivity contribution in [3.05, 3.63) is 47.0 Å². The highest BCUT2D eigenvalue weighted by Gasteiger charge is 2.35. The first-order valence-corrected chi connectivity index (χ1v) is 13.5. The van der Waals surface area contributed by atoms with Crippen LogP contribution in [0.3, 0.4) is 0 Å². The third-order valence-electron chi connectivity index (χ3n) is 5.60. The third kappa shape index (κ3) is 5.11. The smallest absolute Gasteiger partial charge is 0.348 e. The van der Waals surface area contributed by atoms with E-state index in [1.54, 1.807) is 15.6 Å². The van der Waals surface area contributed by atoms with E-state index in [1.807, 2.05) is 51.1 Å². The molecule has 1 saturated heterocycles. The molecule has 0 radical (unpaired) electrons. The maximum absolute atomic E-state index is 12.9. The SMILES string of the molecule is Cc1nn(-c2ccccc2)c2sc(C(=O)OCC(=O)N(CC(C)C)C3CCS(=O)(=O)C3)cc12. The van der Waals surface area contributed by atoms with Crippen LogP contribution in [0.5, 0.6) is 0 Å². The van der Waals surface area contributed by atoms with Gasteiger partial charge in [-0.3, -0.25) is 4.79 Å². The fourth-order valence-electron chi connectivity index (χ4n) is 4.04. The summed E-state index contributed by atoms with van der Waals surface area (Å²) < 4.78 is 30.9. The molecule has 0 aliphatic carbocycles. The van der Waals surface area contributed by atoms with Gasteiger partial charge in [-0.1, -0.05) is 32.0 Å². The largest absolute Gasteiger partial charge is 0.451 e. The summed E-state index contributed by atoms with van der Waals surface area (Å²) in [5.41, 5.74) is 1.69. The van der Waals surface area contributed by atoms with E-state index >= 15 is 0 Å². The van der Waals surface area contributed by atoms with Gasteiger partial charge >= 0.3 is 5.97 Å². The van der Waals surface area contributed by atoms with Gasteiger partial charge in [0.1, 0.15) is 9.71 Å². The molecule has 1 fully saturated rings. The number of ether oxygens (including phenoxy) is 1. The number of carbonyl (C=O) groups is 2. The topological polar surface area (TPSA) is 98.6 Å². The molecule has 3 aromatic rings. The Morgan fingerprint density at radius 2 is 2.00 bits per heavy atom. The zero-order chi connectivity index (χ0) is 23.8. The van der Waals surface area contributed by atoms with E-state index in [9.17, 15) is 18.0 Å². The zero-order valence-corrected chi connectivity index (χ0v) is 20.5. The summed E-state index contributed by atoms with van der Waals surface area (Å²) >= 11 is 1.27. The number of amides is 1. The van der Waals surface area contributed by atoms with Crippen LogP contribution in [0.1, 0.15) is 35.6 Å². The first kappa shape index (κ1) is 23.4. The Balaban J connectivity index is 1.48.